The summed E-state index contributed by atoms with van der Waals surface area (Å²) in [4.78, 5) is 14.2. The molecule has 0 atom stereocenters. The minimum Gasteiger partial charge on any atom is -0.490 e. The van der Waals surface area contributed by atoms with Crippen molar-refractivity contribution in [1.29, 1.82) is 0 Å². The summed E-state index contributed by atoms with van der Waals surface area (Å²) in [5.74, 6) is 1.99. The molecule has 5 nitrogen and oxygen atoms in total. The molecular formula is C19H19NO4. The van der Waals surface area contributed by atoms with E-state index in [0.717, 1.165) is 11.3 Å². The van der Waals surface area contributed by atoms with E-state index in [9.17, 15) is 4.79 Å². The molecule has 1 amide bonds. The van der Waals surface area contributed by atoms with Crippen LogP contribution in [0.5, 0.6) is 17.2 Å². The number of nitrogens with zero attached hydrogens (tertiary/aromatic N) is 1. The van der Waals surface area contributed by atoms with Crippen molar-refractivity contribution in [2.75, 3.05) is 20.4 Å². The lowest BCUT2D eigenvalue weighted by atomic mass is 10.1. The number of carbonyl (C=O) groups is 1. The number of hydrogen-bond donors (Lipinski definition) is 0. The monoisotopic (exact) mass is 325 g/mol. The highest BCUT2D eigenvalue weighted by atomic mass is 16.7. The molecule has 0 unspecified atom stereocenters. The molecule has 5 heteroatoms. The van der Waals surface area contributed by atoms with Crippen LogP contribution in [0.15, 0.2) is 55.1 Å². The molecule has 0 spiro atoms. The molecule has 1 aliphatic heterocycles. The number of benzene rings is 2. The van der Waals surface area contributed by atoms with Crippen LogP contribution in [-0.4, -0.2) is 31.3 Å². The van der Waals surface area contributed by atoms with Crippen molar-refractivity contribution in [1.82, 2.24) is 4.90 Å². The largest absolute Gasteiger partial charge is 0.490 e. The Labute approximate surface area is 141 Å². The lowest BCUT2D eigenvalue weighted by Crippen LogP contribution is -2.26. The highest BCUT2D eigenvalue weighted by Gasteiger charge is 2.18. The molecule has 1 aliphatic rings. The predicted molar refractivity (Wildman–Crippen MR) is 90.5 cm³/mol. The Morgan fingerprint density at radius 3 is 2.71 bits per heavy atom. The molecule has 0 saturated carbocycles. The summed E-state index contributed by atoms with van der Waals surface area (Å²) in [5.41, 5.74) is 1.60. The van der Waals surface area contributed by atoms with Crippen LogP contribution in [0.4, 0.5) is 0 Å². The minimum atomic E-state index is -0.0692. The van der Waals surface area contributed by atoms with Gasteiger partial charge in [0.05, 0.1) is 0 Å². The van der Waals surface area contributed by atoms with Crippen LogP contribution in [-0.2, 0) is 6.54 Å². The molecule has 1 heterocycles. The maximum atomic E-state index is 12.6. The highest BCUT2D eigenvalue weighted by molar-refractivity contribution is 5.94. The van der Waals surface area contributed by atoms with E-state index in [1.165, 1.54) is 0 Å². The second-order valence-corrected chi connectivity index (χ2v) is 5.47. The predicted octanol–water partition coefficient (Wildman–Crippen LogP) is 3.25. The van der Waals surface area contributed by atoms with Crippen LogP contribution in [0.25, 0.3) is 0 Å². The smallest absolute Gasteiger partial charge is 0.254 e. The van der Waals surface area contributed by atoms with Gasteiger partial charge in [-0.25, -0.2) is 0 Å². The first kappa shape index (κ1) is 15.9. The zero-order valence-corrected chi connectivity index (χ0v) is 13.5. The number of amides is 1. The number of rotatable bonds is 6. The van der Waals surface area contributed by atoms with Gasteiger partial charge in [-0.15, -0.1) is 0 Å². The zero-order chi connectivity index (χ0) is 16.9. The highest BCUT2D eigenvalue weighted by Crippen LogP contribution is 2.32. The zero-order valence-electron chi connectivity index (χ0n) is 13.5. The third-order valence-electron chi connectivity index (χ3n) is 3.68. The maximum Gasteiger partial charge on any atom is 0.254 e. The lowest BCUT2D eigenvalue weighted by molar-refractivity contribution is 0.0784. The Bertz CT molecular complexity index is 740. The van der Waals surface area contributed by atoms with Gasteiger partial charge in [-0.05, 0) is 35.9 Å². The molecular weight excluding hydrogens is 306 g/mol. The van der Waals surface area contributed by atoms with Crippen molar-refractivity contribution in [2.45, 2.75) is 6.54 Å². The van der Waals surface area contributed by atoms with Gasteiger partial charge in [-0.3, -0.25) is 4.79 Å². The van der Waals surface area contributed by atoms with Gasteiger partial charge in [0, 0.05) is 19.2 Å². The van der Waals surface area contributed by atoms with Crippen LogP contribution >= 0.6 is 0 Å². The average molecular weight is 325 g/mol. The molecule has 124 valence electrons. The molecule has 0 N–H and O–H groups in total. The average Bonchev–Trinajstić information content (AvgIpc) is 3.08. The van der Waals surface area contributed by atoms with Gasteiger partial charge in [0.2, 0.25) is 6.79 Å². The van der Waals surface area contributed by atoms with E-state index in [4.69, 9.17) is 14.2 Å². The number of hydrogen-bond acceptors (Lipinski definition) is 4. The second kappa shape index (κ2) is 7.08. The summed E-state index contributed by atoms with van der Waals surface area (Å²) in [7, 11) is 1.77. The molecule has 0 radical (unpaired) electrons. The molecule has 0 fully saturated rings. The van der Waals surface area contributed by atoms with Gasteiger partial charge in [0.15, 0.2) is 11.5 Å². The Kier molecular flexibility index (Phi) is 4.70. The van der Waals surface area contributed by atoms with Gasteiger partial charge >= 0.3 is 0 Å². The quantitative estimate of drug-likeness (QED) is 0.765. The third-order valence-corrected chi connectivity index (χ3v) is 3.68. The Balaban J connectivity index is 1.64. The Morgan fingerprint density at radius 1 is 1.21 bits per heavy atom. The standard InChI is InChI=1S/C19H19NO4/c1-3-10-22-16-7-4-14(5-8-16)12-20(2)19(21)15-6-9-17-18(11-15)24-13-23-17/h3-9,11H,1,10,12-13H2,2H3. The van der Waals surface area contributed by atoms with Gasteiger partial charge in [-0.2, -0.15) is 0 Å². The number of fused-ring (bicyclic) bond motifs is 1. The van der Waals surface area contributed by atoms with E-state index >= 15 is 0 Å². The number of ether oxygens (including phenoxy) is 3. The van der Waals surface area contributed by atoms with E-state index in [-0.39, 0.29) is 12.7 Å². The summed E-state index contributed by atoms with van der Waals surface area (Å²) < 4.78 is 16.0. The minimum absolute atomic E-state index is 0.0692. The molecule has 0 aliphatic carbocycles. The summed E-state index contributed by atoms with van der Waals surface area (Å²) in [6.45, 7) is 4.80. The lowest BCUT2D eigenvalue weighted by Gasteiger charge is -2.18. The molecule has 2 aromatic rings. The molecule has 0 bridgehead atoms. The normalized spacial score (nSPS) is 11.9. The van der Waals surface area contributed by atoms with Gasteiger partial charge in [-0.1, -0.05) is 24.8 Å². The third kappa shape index (κ3) is 3.51. The second-order valence-electron chi connectivity index (χ2n) is 5.47. The van der Waals surface area contributed by atoms with Gasteiger partial charge < -0.3 is 19.1 Å². The number of carbonyl (C=O) groups excluding carboxylic acids is 1. The summed E-state index contributed by atoms with van der Waals surface area (Å²) in [5, 5.41) is 0. The first-order valence-corrected chi connectivity index (χ1v) is 7.65. The Hall–Kier alpha value is -2.95. The molecule has 2 aromatic carbocycles. The van der Waals surface area contributed by atoms with Crippen molar-refractivity contribution < 1.29 is 19.0 Å². The fraction of sp³-hybridized carbons (Fsp3) is 0.211. The fourth-order valence-corrected chi connectivity index (χ4v) is 2.44. The van der Waals surface area contributed by atoms with Gasteiger partial charge in [0.1, 0.15) is 12.4 Å². The van der Waals surface area contributed by atoms with Crippen molar-refractivity contribution in [3.63, 3.8) is 0 Å². The van der Waals surface area contributed by atoms with Crippen molar-refractivity contribution in [3.8, 4) is 17.2 Å². The fourth-order valence-electron chi connectivity index (χ4n) is 2.44. The van der Waals surface area contributed by atoms with Crippen molar-refractivity contribution >= 4 is 5.91 Å². The van der Waals surface area contributed by atoms with E-state index in [0.29, 0.717) is 30.2 Å². The van der Waals surface area contributed by atoms with E-state index in [1.54, 1.807) is 36.2 Å². The topological polar surface area (TPSA) is 48.0 Å². The van der Waals surface area contributed by atoms with Crippen molar-refractivity contribution in [3.05, 3.63) is 66.2 Å². The van der Waals surface area contributed by atoms with E-state index in [2.05, 4.69) is 6.58 Å². The van der Waals surface area contributed by atoms with Crippen LogP contribution in [0, 0.1) is 0 Å². The van der Waals surface area contributed by atoms with Gasteiger partial charge in [0.25, 0.3) is 5.91 Å². The SMILES string of the molecule is C=CCOc1ccc(CN(C)C(=O)c2ccc3c(c2)OCO3)cc1. The first-order chi connectivity index (χ1) is 11.7. The first-order valence-electron chi connectivity index (χ1n) is 7.65. The van der Waals surface area contributed by atoms with Crippen molar-refractivity contribution in [2.24, 2.45) is 0 Å². The van der Waals surface area contributed by atoms with E-state index in [1.807, 2.05) is 24.3 Å². The Morgan fingerprint density at radius 2 is 1.96 bits per heavy atom. The molecule has 0 saturated heterocycles. The molecule has 3 rings (SSSR count). The van der Waals surface area contributed by atoms with Crippen LogP contribution in [0.1, 0.15) is 15.9 Å². The maximum absolute atomic E-state index is 12.6. The van der Waals surface area contributed by atoms with E-state index < -0.39 is 0 Å². The van der Waals surface area contributed by atoms with Crippen LogP contribution in [0.2, 0.25) is 0 Å². The molecule has 24 heavy (non-hydrogen) atoms. The summed E-state index contributed by atoms with van der Waals surface area (Å²) >= 11 is 0. The summed E-state index contributed by atoms with van der Waals surface area (Å²) in [6, 6.07) is 12.9. The summed E-state index contributed by atoms with van der Waals surface area (Å²) in [6.07, 6.45) is 1.70. The molecule has 0 aromatic heterocycles. The van der Waals surface area contributed by atoms with Crippen LogP contribution in [0.3, 0.4) is 0 Å². The van der Waals surface area contributed by atoms with Crippen LogP contribution < -0.4 is 14.2 Å².